The van der Waals surface area contributed by atoms with E-state index in [1.807, 2.05) is 20.8 Å². The smallest absolute Gasteiger partial charge is 0.264 e. The molecule has 7 nitrogen and oxygen atoms in total. The molecule has 1 N–H and O–H groups in total. The molecule has 0 aromatic heterocycles. The third-order valence-electron chi connectivity index (χ3n) is 6.80. The molecule has 0 aliphatic heterocycles. The van der Waals surface area contributed by atoms with Crippen molar-refractivity contribution in [2.24, 2.45) is 0 Å². The number of carbonyl (C=O) groups excluding carboxylic acids is 2. The van der Waals surface area contributed by atoms with Crippen LogP contribution in [0, 0.1) is 6.92 Å². The van der Waals surface area contributed by atoms with Crippen LogP contribution in [-0.4, -0.2) is 43.8 Å². The number of hydrogen-bond acceptors (Lipinski definition) is 4. The first-order valence-corrected chi connectivity index (χ1v) is 16.3. The topological polar surface area (TPSA) is 86.8 Å². The van der Waals surface area contributed by atoms with Crippen LogP contribution in [0.15, 0.2) is 65.6 Å². The minimum atomic E-state index is -4.24. The van der Waals surface area contributed by atoms with Crippen molar-refractivity contribution in [1.82, 2.24) is 10.2 Å². The molecule has 0 bridgehead atoms. The Bertz CT molecular complexity index is 1530. The van der Waals surface area contributed by atoms with Gasteiger partial charge in [0.2, 0.25) is 11.8 Å². The van der Waals surface area contributed by atoms with E-state index in [1.165, 1.54) is 35.2 Å². The van der Waals surface area contributed by atoms with Crippen LogP contribution in [0.25, 0.3) is 0 Å². The summed E-state index contributed by atoms with van der Waals surface area (Å²) in [7, 11) is -4.24. The van der Waals surface area contributed by atoms with E-state index in [9.17, 15) is 18.0 Å². The van der Waals surface area contributed by atoms with Gasteiger partial charge in [-0.2, -0.15) is 0 Å². The number of aryl methyl sites for hydroxylation is 1. The summed E-state index contributed by atoms with van der Waals surface area (Å²) in [6.07, 6.45) is 0.982. The molecule has 0 aliphatic rings. The van der Waals surface area contributed by atoms with Crippen LogP contribution >= 0.6 is 46.4 Å². The zero-order valence-corrected chi connectivity index (χ0v) is 27.5. The van der Waals surface area contributed by atoms with Crippen molar-refractivity contribution in [3.05, 3.63) is 91.9 Å². The molecule has 42 heavy (non-hydrogen) atoms. The van der Waals surface area contributed by atoms with Crippen LogP contribution in [0.4, 0.5) is 5.69 Å². The van der Waals surface area contributed by atoms with Crippen molar-refractivity contribution >= 4 is 73.9 Å². The maximum Gasteiger partial charge on any atom is 0.264 e. The molecule has 3 aromatic carbocycles. The van der Waals surface area contributed by atoms with Gasteiger partial charge in [0.1, 0.15) is 12.6 Å². The first-order chi connectivity index (χ1) is 19.8. The Labute approximate surface area is 267 Å². The zero-order chi connectivity index (χ0) is 31.2. The predicted molar refractivity (Wildman–Crippen MR) is 171 cm³/mol. The average Bonchev–Trinajstić information content (AvgIpc) is 2.95. The van der Waals surface area contributed by atoms with E-state index in [4.69, 9.17) is 46.4 Å². The fraction of sp³-hybridized carbons (Fsp3) is 0.333. The predicted octanol–water partition coefficient (Wildman–Crippen LogP) is 7.53. The molecule has 0 fully saturated rings. The summed E-state index contributed by atoms with van der Waals surface area (Å²) in [5.74, 6) is -0.947. The van der Waals surface area contributed by atoms with Crippen molar-refractivity contribution in [3.8, 4) is 0 Å². The minimum absolute atomic E-state index is 0.00967. The minimum Gasteiger partial charge on any atom is -0.352 e. The number of nitrogens with zero attached hydrogens (tertiary/aromatic N) is 2. The number of sulfonamides is 1. The average molecular weight is 673 g/mol. The summed E-state index contributed by atoms with van der Waals surface area (Å²) in [6, 6.07) is 14.5. The van der Waals surface area contributed by atoms with Gasteiger partial charge in [-0.15, -0.1) is 0 Å². The van der Waals surface area contributed by atoms with E-state index in [1.54, 1.807) is 37.3 Å². The molecule has 3 rings (SSSR count). The third kappa shape index (κ3) is 8.32. The highest BCUT2D eigenvalue weighted by molar-refractivity contribution is 7.92. The second-order valence-corrected chi connectivity index (χ2v) is 13.4. The Balaban J connectivity index is 2.10. The fourth-order valence-electron chi connectivity index (χ4n) is 4.20. The van der Waals surface area contributed by atoms with Gasteiger partial charge in [0.15, 0.2) is 0 Å². The maximum absolute atomic E-state index is 14.1. The largest absolute Gasteiger partial charge is 0.352 e. The van der Waals surface area contributed by atoms with E-state index in [2.05, 4.69) is 5.32 Å². The zero-order valence-electron chi connectivity index (χ0n) is 23.7. The van der Waals surface area contributed by atoms with Gasteiger partial charge in [-0.05, 0) is 74.7 Å². The van der Waals surface area contributed by atoms with Crippen LogP contribution in [0.3, 0.4) is 0 Å². The highest BCUT2D eigenvalue weighted by atomic mass is 35.5. The molecule has 0 spiro atoms. The number of amides is 2. The van der Waals surface area contributed by atoms with Gasteiger partial charge in [0.25, 0.3) is 10.0 Å². The van der Waals surface area contributed by atoms with Crippen LogP contribution in [0.2, 0.25) is 20.1 Å². The number of anilines is 1. The number of hydrogen-bond donors (Lipinski definition) is 1. The van der Waals surface area contributed by atoms with Gasteiger partial charge in [0.05, 0.1) is 30.7 Å². The monoisotopic (exact) mass is 671 g/mol. The molecule has 0 saturated heterocycles. The molecule has 2 amide bonds. The van der Waals surface area contributed by atoms with E-state index in [0.717, 1.165) is 9.87 Å². The molecule has 0 aliphatic carbocycles. The standard InChI is InChI=1S/C30H33Cl4N3O4S/c1-5-20(4)35-30(39)28(6-2)36(17-21-9-13-24(31)26(33)15-21)29(38)18-37(22-10-14-25(32)27(34)16-22)42(40,41)23-11-7-19(3)8-12-23/h7-16,20,28H,5-6,17-18H2,1-4H3,(H,35,39)/t20-,28-/m0/s1. The van der Waals surface area contributed by atoms with Gasteiger partial charge in [-0.25, -0.2) is 8.42 Å². The lowest BCUT2D eigenvalue weighted by molar-refractivity contribution is -0.140. The van der Waals surface area contributed by atoms with Crippen molar-refractivity contribution in [2.45, 2.75) is 64.1 Å². The molecular weight excluding hydrogens is 640 g/mol. The molecule has 0 unspecified atom stereocenters. The Kier molecular flexibility index (Phi) is 12.0. The van der Waals surface area contributed by atoms with Gasteiger partial charge >= 0.3 is 0 Å². The first-order valence-electron chi connectivity index (χ1n) is 13.4. The highest BCUT2D eigenvalue weighted by Gasteiger charge is 2.34. The van der Waals surface area contributed by atoms with Crippen molar-refractivity contribution in [1.29, 1.82) is 0 Å². The number of halogens is 4. The second kappa shape index (κ2) is 14.8. The molecule has 3 aromatic rings. The number of rotatable bonds is 12. The lowest BCUT2D eigenvalue weighted by atomic mass is 10.1. The van der Waals surface area contributed by atoms with Gasteiger partial charge in [-0.3, -0.25) is 13.9 Å². The van der Waals surface area contributed by atoms with E-state index < -0.39 is 28.5 Å². The third-order valence-corrected chi connectivity index (χ3v) is 10.1. The number of nitrogens with one attached hydrogen (secondary N) is 1. The van der Waals surface area contributed by atoms with Gasteiger partial charge in [0, 0.05) is 12.6 Å². The van der Waals surface area contributed by atoms with Crippen LogP contribution in [0.1, 0.15) is 44.7 Å². The lowest BCUT2D eigenvalue weighted by Gasteiger charge is -2.34. The number of carbonyl (C=O) groups is 2. The van der Waals surface area contributed by atoms with Gasteiger partial charge < -0.3 is 10.2 Å². The van der Waals surface area contributed by atoms with E-state index in [0.29, 0.717) is 17.0 Å². The Morgan fingerprint density at radius 2 is 1.43 bits per heavy atom. The Hall–Kier alpha value is -2.49. The summed E-state index contributed by atoms with van der Waals surface area (Å²) < 4.78 is 28.9. The Morgan fingerprint density at radius 1 is 0.833 bits per heavy atom. The summed E-state index contributed by atoms with van der Waals surface area (Å²) in [6.45, 7) is 6.82. The summed E-state index contributed by atoms with van der Waals surface area (Å²) in [4.78, 5) is 28.9. The van der Waals surface area contributed by atoms with Gasteiger partial charge in [-0.1, -0.05) is 84.0 Å². The van der Waals surface area contributed by atoms with Crippen molar-refractivity contribution < 1.29 is 18.0 Å². The molecular formula is C30H33Cl4N3O4S. The van der Waals surface area contributed by atoms with E-state index in [-0.39, 0.29) is 50.6 Å². The second-order valence-electron chi connectivity index (χ2n) is 9.94. The molecule has 12 heteroatoms. The van der Waals surface area contributed by atoms with Crippen LogP contribution < -0.4 is 9.62 Å². The number of benzene rings is 3. The molecule has 0 heterocycles. The molecule has 226 valence electrons. The highest BCUT2D eigenvalue weighted by Crippen LogP contribution is 2.31. The van der Waals surface area contributed by atoms with E-state index >= 15 is 0 Å². The SMILES string of the molecule is CC[C@H](C)NC(=O)[C@H](CC)N(Cc1ccc(Cl)c(Cl)c1)C(=O)CN(c1ccc(Cl)c(Cl)c1)S(=O)(=O)c1ccc(C)cc1. The fourth-order valence-corrected chi connectivity index (χ4v) is 6.22. The Morgan fingerprint density at radius 3 is 1.98 bits per heavy atom. The summed E-state index contributed by atoms with van der Waals surface area (Å²) in [5.41, 5.74) is 1.64. The molecule has 0 saturated carbocycles. The maximum atomic E-state index is 14.1. The summed E-state index contributed by atoms with van der Waals surface area (Å²) in [5, 5.41) is 3.92. The molecule has 2 atom stereocenters. The van der Waals surface area contributed by atoms with Crippen LogP contribution in [0.5, 0.6) is 0 Å². The van der Waals surface area contributed by atoms with Crippen molar-refractivity contribution in [2.75, 3.05) is 10.8 Å². The first kappa shape index (κ1) is 34.0. The normalized spacial score (nSPS) is 12.9. The lowest BCUT2D eigenvalue weighted by Crippen LogP contribution is -2.53. The van der Waals surface area contributed by atoms with Crippen molar-refractivity contribution in [3.63, 3.8) is 0 Å². The van der Waals surface area contributed by atoms with Crippen LogP contribution in [-0.2, 0) is 26.2 Å². The molecule has 0 radical (unpaired) electrons. The summed E-state index contributed by atoms with van der Waals surface area (Å²) >= 11 is 24.7. The quantitative estimate of drug-likeness (QED) is 0.216.